The Balaban J connectivity index is 2.18. The van der Waals surface area contributed by atoms with Crippen molar-refractivity contribution < 1.29 is 9.84 Å². The molecule has 19 heavy (non-hydrogen) atoms. The number of hydrogen-bond donors (Lipinski definition) is 2. The molecule has 0 fully saturated rings. The molecule has 0 saturated carbocycles. The lowest BCUT2D eigenvalue weighted by Gasteiger charge is -2.06. The van der Waals surface area contributed by atoms with Gasteiger partial charge in [0.25, 0.3) is 0 Å². The number of benzene rings is 2. The first-order valence-corrected chi connectivity index (χ1v) is 6.08. The van der Waals surface area contributed by atoms with Crippen molar-refractivity contribution in [3.63, 3.8) is 0 Å². The number of aromatic nitrogens is 2. The van der Waals surface area contributed by atoms with E-state index in [1.165, 1.54) is 0 Å². The van der Waals surface area contributed by atoms with Crippen LogP contribution in [0.4, 0.5) is 0 Å². The minimum absolute atomic E-state index is 0.200. The highest BCUT2D eigenvalue weighted by molar-refractivity contribution is 6.30. The predicted octanol–water partition coefficient (Wildman–Crippen LogP) is 3.60. The van der Waals surface area contributed by atoms with Crippen LogP contribution in [0.3, 0.4) is 0 Å². The minimum atomic E-state index is 0.200. The van der Waals surface area contributed by atoms with Crippen LogP contribution in [0.5, 0.6) is 11.5 Å². The summed E-state index contributed by atoms with van der Waals surface area (Å²) in [4.78, 5) is 7.63. The lowest BCUT2D eigenvalue weighted by Crippen LogP contribution is -1.89. The lowest BCUT2D eigenvalue weighted by molar-refractivity contribution is 0.416. The van der Waals surface area contributed by atoms with Crippen LogP contribution in [0.1, 0.15) is 0 Å². The van der Waals surface area contributed by atoms with Gasteiger partial charge in [0.1, 0.15) is 17.3 Å². The van der Waals surface area contributed by atoms with E-state index in [4.69, 9.17) is 16.3 Å². The molecular weight excluding hydrogens is 264 g/mol. The minimum Gasteiger partial charge on any atom is -0.508 e. The molecule has 0 radical (unpaired) electrons. The molecule has 0 atom stereocenters. The van der Waals surface area contributed by atoms with Crippen LogP contribution < -0.4 is 4.74 Å². The summed E-state index contributed by atoms with van der Waals surface area (Å²) in [5.74, 6) is 1.52. The summed E-state index contributed by atoms with van der Waals surface area (Å²) in [6.07, 6.45) is 0. The van der Waals surface area contributed by atoms with Crippen molar-refractivity contribution in [2.75, 3.05) is 7.11 Å². The van der Waals surface area contributed by atoms with E-state index in [9.17, 15) is 5.11 Å². The van der Waals surface area contributed by atoms with E-state index in [0.29, 0.717) is 16.6 Å². The second-order valence-electron chi connectivity index (χ2n) is 4.13. The molecule has 0 aliphatic carbocycles. The van der Waals surface area contributed by atoms with Crippen LogP contribution in [0.25, 0.3) is 22.4 Å². The summed E-state index contributed by atoms with van der Waals surface area (Å²) >= 11 is 5.94. The van der Waals surface area contributed by atoms with Crippen molar-refractivity contribution in [2.24, 2.45) is 0 Å². The van der Waals surface area contributed by atoms with Crippen LogP contribution in [0.2, 0.25) is 5.02 Å². The first kappa shape index (κ1) is 11.9. The summed E-state index contributed by atoms with van der Waals surface area (Å²) in [5, 5.41) is 10.1. The molecule has 5 heteroatoms. The van der Waals surface area contributed by atoms with E-state index < -0.39 is 0 Å². The molecule has 0 saturated heterocycles. The molecule has 0 amide bonds. The maximum atomic E-state index is 9.46. The number of phenolic OH excluding ortho intramolecular Hbond substituents is 1. The largest absolute Gasteiger partial charge is 0.508 e. The standard InChI is InChI=1S/C14H11ClN2O2/c1-19-13-6-8(15)2-4-10(13)14-16-11-5-3-9(18)7-12(11)17-14/h2-7,18H,1H3,(H,16,17). The van der Waals surface area contributed by atoms with Gasteiger partial charge in [-0.3, -0.25) is 0 Å². The number of halogens is 1. The smallest absolute Gasteiger partial charge is 0.142 e. The number of fused-ring (bicyclic) bond motifs is 1. The number of imidazole rings is 1. The van der Waals surface area contributed by atoms with E-state index in [2.05, 4.69) is 9.97 Å². The van der Waals surface area contributed by atoms with Gasteiger partial charge < -0.3 is 14.8 Å². The van der Waals surface area contributed by atoms with E-state index in [0.717, 1.165) is 16.6 Å². The van der Waals surface area contributed by atoms with E-state index in [1.807, 2.05) is 6.07 Å². The molecule has 0 bridgehead atoms. The van der Waals surface area contributed by atoms with Crippen LogP contribution >= 0.6 is 11.6 Å². The maximum absolute atomic E-state index is 9.46. The maximum Gasteiger partial charge on any atom is 0.142 e. The van der Waals surface area contributed by atoms with Crippen LogP contribution in [0.15, 0.2) is 36.4 Å². The van der Waals surface area contributed by atoms with Gasteiger partial charge >= 0.3 is 0 Å². The lowest BCUT2D eigenvalue weighted by atomic mass is 10.2. The monoisotopic (exact) mass is 274 g/mol. The number of aromatic hydroxyl groups is 1. The van der Waals surface area contributed by atoms with Crippen LogP contribution in [-0.4, -0.2) is 22.2 Å². The third kappa shape index (κ3) is 2.11. The first-order chi connectivity index (χ1) is 9.17. The number of rotatable bonds is 2. The molecule has 1 aromatic heterocycles. The zero-order valence-corrected chi connectivity index (χ0v) is 10.9. The summed E-state index contributed by atoms with van der Waals surface area (Å²) in [6.45, 7) is 0. The molecule has 0 spiro atoms. The normalized spacial score (nSPS) is 10.8. The first-order valence-electron chi connectivity index (χ1n) is 5.70. The Morgan fingerprint density at radius 1 is 1.21 bits per heavy atom. The van der Waals surface area contributed by atoms with Gasteiger partial charge in [-0.25, -0.2) is 4.98 Å². The number of nitrogens with one attached hydrogen (secondary N) is 1. The fourth-order valence-corrected chi connectivity index (χ4v) is 2.15. The second kappa shape index (κ2) is 4.48. The summed E-state index contributed by atoms with van der Waals surface area (Å²) < 4.78 is 5.31. The van der Waals surface area contributed by atoms with Gasteiger partial charge in [-0.05, 0) is 30.3 Å². The van der Waals surface area contributed by atoms with Gasteiger partial charge in [0.2, 0.25) is 0 Å². The van der Waals surface area contributed by atoms with Crippen molar-refractivity contribution in [3.05, 3.63) is 41.4 Å². The molecule has 3 rings (SSSR count). The van der Waals surface area contributed by atoms with Crippen LogP contribution in [-0.2, 0) is 0 Å². The topological polar surface area (TPSA) is 58.1 Å². The van der Waals surface area contributed by atoms with Crippen molar-refractivity contribution >= 4 is 22.6 Å². The highest BCUT2D eigenvalue weighted by Gasteiger charge is 2.11. The Labute approximate surface area is 114 Å². The third-order valence-electron chi connectivity index (χ3n) is 2.88. The van der Waals surface area contributed by atoms with Crippen molar-refractivity contribution in [1.82, 2.24) is 9.97 Å². The number of hydrogen-bond acceptors (Lipinski definition) is 3. The number of phenols is 1. The van der Waals surface area contributed by atoms with Gasteiger partial charge in [-0.2, -0.15) is 0 Å². The highest BCUT2D eigenvalue weighted by Crippen LogP contribution is 2.32. The van der Waals surface area contributed by atoms with Gasteiger partial charge in [0.15, 0.2) is 0 Å². The van der Waals surface area contributed by atoms with Crippen LogP contribution in [0, 0.1) is 0 Å². The SMILES string of the molecule is COc1cc(Cl)ccc1-c1nc2ccc(O)cc2[nH]1. The average molecular weight is 275 g/mol. The summed E-state index contributed by atoms with van der Waals surface area (Å²) in [6, 6.07) is 10.4. The zero-order chi connectivity index (χ0) is 13.4. The average Bonchev–Trinajstić information content (AvgIpc) is 2.81. The number of ether oxygens (including phenoxy) is 1. The molecule has 96 valence electrons. The van der Waals surface area contributed by atoms with Gasteiger partial charge in [-0.15, -0.1) is 0 Å². The van der Waals surface area contributed by atoms with Crippen molar-refractivity contribution in [2.45, 2.75) is 0 Å². The summed E-state index contributed by atoms with van der Waals surface area (Å²) in [7, 11) is 1.59. The van der Waals surface area contributed by atoms with Crippen molar-refractivity contribution in [3.8, 4) is 22.9 Å². The second-order valence-corrected chi connectivity index (χ2v) is 4.57. The molecule has 3 aromatic rings. The summed E-state index contributed by atoms with van der Waals surface area (Å²) in [5.41, 5.74) is 2.37. The molecule has 1 heterocycles. The fourth-order valence-electron chi connectivity index (χ4n) is 1.99. The zero-order valence-electron chi connectivity index (χ0n) is 10.1. The number of nitrogens with zero attached hydrogens (tertiary/aromatic N) is 1. The van der Waals surface area contributed by atoms with E-state index >= 15 is 0 Å². The molecule has 0 aliphatic heterocycles. The molecule has 0 aliphatic rings. The highest BCUT2D eigenvalue weighted by atomic mass is 35.5. The Bertz CT molecular complexity index is 752. The van der Waals surface area contributed by atoms with Gasteiger partial charge in [0, 0.05) is 11.1 Å². The Morgan fingerprint density at radius 2 is 2.05 bits per heavy atom. The Hall–Kier alpha value is -2.20. The molecule has 2 N–H and O–H groups in total. The molecule has 2 aromatic carbocycles. The molecule has 0 unspecified atom stereocenters. The quantitative estimate of drug-likeness (QED) is 0.751. The number of H-pyrrole nitrogens is 1. The van der Waals surface area contributed by atoms with E-state index in [1.54, 1.807) is 37.4 Å². The van der Waals surface area contributed by atoms with Crippen molar-refractivity contribution in [1.29, 1.82) is 0 Å². The third-order valence-corrected chi connectivity index (χ3v) is 3.12. The fraction of sp³-hybridized carbons (Fsp3) is 0.0714. The predicted molar refractivity (Wildman–Crippen MR) is 74.8 cm³/mol. The Kier molecular flexibility index (Phi) is 2.80. The van der Waals surface area contributed by atoms with E-state index in [-0.39, 0.29) is 5.75 Å². The van der Waals surface area contributed by atoms with Gasteiger partial charge in [-0.1, -0.05) is 11.6 Å². The Morgan fingerprint density at radius 3 is 2.84 bits per heavy atom. The van der Waals surface area contributed by atoms with Gasteiger partial charge in [0.05, 0.1) is 23.7 Å². The molecular formula is C14H11ClN2O2. The number of aromatic amines is 1. The number of methoxy groups -OCH3 is 1. The molecule has 4 nitrogen and oxygen atoms in total.